The second-order valence-corrected chi connectivity index (χ2v) is 6.36. The van der Waals surface area contributed by atoms with Crippen LogP contribution >= 0.6 is 38.9 Å². The number of benzene rings is 1. The van der Waals surface area contributed by atoms with E-state index in [9.17, 15) is 4.79 Å². The molecule has 4 nitrogen and oxygen atoms in total. The summed E-state index contributed by atoms with van der Waals surface area (Å²) in [6.45, 7) is 1.74. The summed E-state index contributed by atoms with van der Waals surface area (Å²) in [4.78, 5) is 16.3. The summed E-state index contributed by atoms with van der Waals surface area (Å²) in [6.07, 6.45) is 1.65. The fraction of sp³-hybridized carbons (Fsp3) is 0.231. The van der Waals surface area contributed by atoms with Gasteiger partial charge in [0.25, 0.3) is 0 Å². The molecule has 0 saturated carbocycles. The average Bonchev–Trinajstić information content (AvgIpc) is 2.96. The molecule has 0 bridgehead atoms. The van der Waals surface area contributed by atoms with E-state index in [1.807, 2.05) is 5.38 Å². The molecule has 1 N–H and O–H groups in total. The molecule has 0 amide bonds. The van der Waals surface area contributed by atoms with E-state index >= 15 is 0 Å². The summed E-state index contributed by atoms with van der Waals surface area (Å²) in [6, 6.07) is 5.34. The van der Waals surface area contributed by atoms with Crippen LogP contribution in [0.5, 0.6) is 0 Å². The van der Waals surface area contributed by atoms with Crippen LogP contribution < -0.4 is 5.32 Å². The number of thiazole rings is 1. The Morgan fingerprint density at radius 2 is 2.30 bits per heavy atom. The standard InChI is InChI=1S/C13H12BrClN2O2S/c1-13(12(18)19-2,11-16-5-6-20-11)17-8-3-4-10(15)9(14)7-8/h3-7,17H,1-2H3. The average molecular weight is 376 g/mol. The SMILES string of the molecule is COC(=O)C(C)(Nc1ccc(Cl)c(Br)c1)c1nccs1. The Hall–Kier alpha value is -1.11. The first kappa shape index (κ1) is 15.3. The molecule has 0 aliphatic carbocycles. The van der Waals surface area contributed by atoms with Gasteiger partial charge < -0.3 is 10.1 Å². The Balaban J connectivity index is 2.38. The van der Waals surface area contributed by atoms with Crippen molar-refractivity contribution in [1.82, 2.24) is 4.98 Å². The van der Waals surface area contributed by atoms with Crippen LogP contribution in [0.3, 0.4) is 0 Å². The highest BCUT2D eigenvalue weighted by Gasteiger charge is 2.39. The maximum absolute atomic E-state index is 12.1. The number of anilines is 1. The molecule has 0 aliphatic heterocycles. The third-order valence-corrected chi connectivity index (χ3v) is 4.98. The van der Waals surface area contributed by atoms with Gasteiger partial charge >= 0.3 is 5.97 Å². The van der Waals surface area contributed by atoms with E-state index in [4.69, 9.17) is 16.3 Å². The van der Waals surface area contributed by atoms with Crippen LogP contribution in [0, 0.1) is 0 Å². The van der Waals surface area contributed by atoms with Crippen LogP contribution in [0.1, 0.15) is 11.9 Å². The molecular formula is C13H12BrClN2O2S. The van der Waals surface area contributed by atoms with Gasteiger partial charge in [-0.3, -0.25) is 0 Å². The lowest BCUT2D eigenvalue weighted by atomic mass is 10.0. The fourth-order valence-electron chi connectivity index (χ4n) is 1.73. The monoisotopic (exact) mass is 374 g/mol. The van der Waals surface area contributed by atoms with Gasteiger partial charge in [0.15, 0.2) is 5.54 Å². The van der Waals surface area contributed by atoms with Gasteiger partial charge in [0.2, 0.25) is 0 Å². The molecule has 2 aromatic rings. The van der Waals surface area contributed by atoms with Gasteiger partial charge in [-0.05, 0) is 41.1 Å². The van der Waals surface area contributed by atoms with Crippen molar-refractivity contribution in [3.63, 3.8) is 0 Å². The Bertz CT molecular complexity index is 621. The number of aromatic nitrogens is 1. The lowest BCUT2D eigenvalue weighted by molar-refractivity contribution is -0.145. The number of carbonyl (C=O) groups excluding carboxylic acids is 1. The first-order valence-electron chi connectivity index (χ1n) is 5.69. The quantitative estimate of drug-likeness (QED) is 0.819. The minimum atomic E-state index is -1.05. The normalized spacial score (nSPS) is 13.6. The van der Waals surface area contributed by atoms with E-state index in [1.165, 1.54) is 18.4 Å². The predicted octanol–water partition coefficient (Wildman–Crippen LogP) is 4.06. The number of nitrogens with one attached hydrogen (secondary N) is 1. The predicted molar refractivity (Wildman–Crippen MR) is 84.3 cm³/mol. The van der Waals surface area contributed by atoms with Gasteiger partial charge in [0, 0.05) is 21.7 Å². The van der Waals surface area contributed by atoms with E-state index < -0.39 is 11.5 Å². The van der Waals surface area contributed by atoms with Crippen molar-refractivity contribution in [2.45, 2.75) is 12.5 Å². The van der Waals surface area contributed by atoms with Crippen molar-refractivity contribution in [2.75, 3.05) is 12.4 Å². The summed E-state index contributed by atoms with van der Waals surface area (Å²) >= 11 is 10.7. The summed E-state index contributed by atoms with van der Waals surface area (Å²) in [5.41, 5.74) is -0.305. The number of halogens is 2. The third-order valence-electron chi connectivity index (χ3n) is 2.77. The Labute approximate surface area is 134 Å². The number of esters is 1. The molecule has 1 unspecified atom stereocenters. The molecule has 7 heteroatoms. The number of nitrogens with zero attached hydrogens (tertiary/aromatic N) is 1. The van der Waals surface area contributed by atoms with E-state index in [1.54, 1.807) is 31.3 Å². The maximum atomic E-state index is 12.1. The lowest BCUT2D eigenvalue weighted by Gasteiger charge is -2.27. The smallest absolute Gasteiger partial charge is 0.338 e. The number of hydrogen-bond donors (Lipinski definition) is 1. The Morgan fingerprint density at radius 3 is 2.85 bits per heavy atom. The topological polar surface area (TPSA) is 51.2 Å². The van der Waals surface area contributed by atoms with Crippen LogP contribution in [0.4, 0.5) is 5.69 Å². The highest BCUT2D eigenvalue weighted by Crippen LogP contribution is 2.32. The zero-order chi connectivity index (χ0) is 14.8. The first-order chi connectivity index (χ1) is 9.47. The molecule has 1 aromatic carbocycles. The summed E-state index contributed by atoms with van der Waals surface area (Å²) < 4.78 is 5.64. The number of carbonyl (C=O) groups is 1. The van der Waals surface area contributed by atoms with Crippen molar-refractivity contribution in [1.29, 1.82) is 0 Å². The van der Waals surface area contributed by atoms with Crippen molar-refractivity contribution >= 4 is 50.5 Å². The van der Waals surface area contributed by atoms with E-state index in [0.717, 1.165) is 10.2 Å². The molecule has 0 radical (unpaired) electrons. The van der Waals surface area contributed by atoms with Gasteiger partial charge in [-0.25, -0.2) is 9.78 Å². The molecule has 2 rings (SSSR count). The van der Waals surface area contributed by atoms with E-state index in [-0.39, 0.29) is 0 Å². The molecule has 0 aliphatic rings. The van der Waals surface area contributed by atoms with Gasteiger partial charge in [0.1, 0.15) is 5.01 Å². The molecular weight excluding hydrogens is 364 g/mol. The lowest BCUT2D eigenvalue weighted by Crippen LogP contribution is -2.41. The van der Waals surface area contributed by atoms with Gasteiger partial charge in [-0.2, -0.15) is 0 Å². The van der Waals surface area contributed by atoms with Crippen LogP contribution in [-0.2, 0) is 15.1 Å². The van der Waals surface area contributed by atoms with Crippen molar-refractivity contribution in [3.05, 3.63) is 44.3 Å². The van der Waals surface area contributed by atoms with Crippen molar-refractivity contribution in [3.8, 4) is 0 Å². The molecule has 1 heterocycles. The highest BCUT2D eigenvalue weighted by atomic mass is 79.9. The van der Waals surface area contributed by atoms with Crippen LogP contribution in [-0.4, -0.2) is 18.1 Å². The minimum Gasteiger partial charge on any atom is -0.467 e. The number of hydrogen-bond acceptors (Lipinski definition) is 5. The molecule has 0 spiro atoms. The van der Waals surface area contributed by atoms with Crippen LogP contribution in [0.2, 0.25) is 5.02 Å². The molecule has 106 valence electrons. The molecule has 1 aromatic heterocycles. The zero-order valence-corrected chi connectivity index (χ0v) is 14.0. The molecule has 0 saturated heterocycles. The maximum Gasteiger partial charge on any atom is 0.338 e. The second kappa shape index (κ2) is 6.11. The van der Waals surface area contributed by atoms with Gasteiger partial charge in [-0.15, -0.1) is 11.3 Å². The number of methoxy groups -OCH3 is 1. The molecule has 0 fully saturated rings. The van der Waals surface area contributed by atoms with E-state index in [2.05, 4.69) is 26.2 Å². The fourth-order valence-corrected chi connectivity index (χ4v) is 2.97. The summed E-state index contributed by atoms with van der Waals surface area (Å²) in [5.74, 6) is -0.404. The Morgan fingerprint density at radius 1 is 1.55 bits per heavy atom. The van der Waals surface area contributed by atoms with Gasteiger partial charge in [0.05, 0.1) is 12.1 Å². The van der Waals surface area contributed by atoms with Crippen molar-refractivity contribution < 1.29 is 9.53 Å². The van der Waals surface area contributed by atoms with Crippen LogP contribution in [0.25, 0.3) is 0 Å². The van der Waals surface area contributed by atoms with Crippen LogP contribution in [0.15, 0.2) is 34.2 Å². The highest BCUT2D eigenvalue weighted by molar-refractivity contribution is 9.10. The third kappa shape index (κ3) is 2.97. The molecule has 20 heavy (non-hydrogen) atoms. The molecule has 1 atom stereocenters. The minimum absolute atomic E-state index is 0.404. The number of ether oxygens (including phenoxy) is 1. The Kier molecular flexibility index (Phi) is 4.67. The largest absolute Gasteiger partial charge is 0.467 e. The van der Waals surface area contributed by atoms with Crippen molar-refractivity contribution in [2.24, 2.45) is 0 Å². The second-order valence-electron chi connectivity index (χ2n) is 4.21. The summed E-state index contributed by atoms with van der Waals surface area (Å²) in [7, 11) is 1.35. The number of rotatable bonds is 4. The van der Waals surface area contributed by atoms with Gasteiger partial charge in [-0.1, -0.05) is 11.6 Å². The summed E-state index contributed by atoms with van der Waals surface area (Å²) in [5, 5.41) is 6.21. The first-order valence-corrected chi connectivity index (χ1v) is 7.74. The van der Waals surface area contributed by atoms with E-state index in [0.29, 0.717) is 10.0 Å². The zero-order valence-electron chi connectivity index (χ0n) is 10.8.